The van der Waals surface area contributed by atoms with E-state index in [-0.39, 0.29) is 0 Å². The van der Waals surface area contributed by atoms with Crippen LogP contribution in [0.2, 0.25) is 0 Å². The molecule has 0 saturated heterocycles. The second-order valence-corrected chi connectivity index (χ2v) is 3.10. The van der Waals surface area contributed by atoms with Crippen molar-refractivity contribution in [1.82, 2.24) is 0 Å². The first-order chi connectivity index (χ1) is 5.61. The van der Waals surface area contributed by atoms with Crippen LogP contribution in [0, 0.1) is 6.92 Å². The van der Waals surface area contributed by atoms with Crippen LogP contribution in [-0.2, 0) is 0 Å². The molecule has 1 aromatic rings. The predicted octanol–water partition coefficient (Wildman–Crippen LogP) is 1.41. The molecule has 0 saturated carbocycles. The van der Waals surface area contributed by atoms with Gasteiger partial charge in [-0.15, -0.1) is 0 Å². The average Bonchev–Trinajstić information content (AvgIpc) is 2.03. The molecule has 0 heterocycles. The number of hydrogen-bond donors (Lipinski definition) is 2. The molecule has 1 aromatic carbocycles. The van der Waals surface area contributed by atoms with Crippen LogP contribution in [0.3, 0.4) is 0 Å². The summed E-state index contributed by atoms with van der Waals surface area (Å²) in [5, 5.41) is 18.6. The van der Waals surface area contributed by atoms with Crippen molar-refractivity contribution in [3.8, 4) is 0 Å². The Kier molecular flexibility index (Phi) is 2.84. The summed E-state index contributed by atoms with van der Waals surface area (Å²) in [6.07, 6.45) is -1.49. The first-order valence-corrected chi connectivity index (χ1v) is 4.04. The van der Waals surface area contributed by atoms with Gasteiger partial charge in [0.15, 0.2) is 0 Å². The van der Waals surface area contributed by atoms with Crippen LogP contribution in [-0.4, -0.2) is 16.3 Å². The first kappa shape index (κ1) is 9.23. The lowest BCUT2D eigenvalue weighted by Gasteiger charge is -2.13. The van der Waals surface area contributed by atoms with Crippen LogP contribution in [0.4, 0.5) is 0 Å². The first-order valence-electron chi connectivity index (χ1n) is 4.04. The summed E-state index contributed by atoms with van der Waals surface area (Å²) >= 11 is 0. The highest BCUT2D eigenvalue weighted by molar-refractivity contribution is 5.24. The van der Waals surface area contributed by atoms with Crippen LogP contribution < -0.4 is 0 Å². The summed E-state index contributed by atoms with van der Waals surface area (Å²) < 4.78 is 0. The van der Waals surface area contributed by atoms with Crippen LogP contribution >= 0.6 is 0 Å². The van der Waals surface area contributed by atoms with E-state index in [4.69, 9.17) is 5.11 Å². The van der Waals surface area contributed by atoms with Crippen LogP contribution in [0.1, 0.15) is 24.2 Å². The van der Waals surface area contributed by atoms with Crippen LogP contribution in [0.5, 0.6) is 0 Å². The highest BCUT2D eigenvalue weighted by Gasteiger charge is 2.12. The van der Waals surface area contributed by atoms with Gasteiger partial charge < -0.3 is 10.2 Å². The van der Waals surface area contributed by atoms with E-state index in [1.807, 2.05) is 31.2 Å². The van der Waals surface area contributed by atoms with E-state index in [0.717, 1.165) is 11.1 Å². The molecule has 2 nitrogen and oxygen atoms in total. The van der Waals surface area contributed by atoms with E-state index in [0.29, 0.717) is 0 Å². The van der Waals surface area contributed by atoms with Crippen molar-refractivity contribution in [3.63, 3.8) is 0 Å². The Morgan fingerprint density at radius 2 is 1.92 bits per heavy atom. The molecule has 0 amide bonds. The summed E-state index contributed by atoms with van der Waals surface area (Å²) in [5.74, 6) is 0. The minimum Gasteiger partial charge on any atom is -0.390 e. The van der Waals surface area contributed by atoms with Crippen molar-refractivity contribution < 1.29 is 10.2 Å². The molecule has 2 heteroatoms. The molecule has 0 bridgehead atoms. The molecule has 0 radical (unpaired) electrons. The van der Waals surface area contributed by atoms with E-state index in [1.54, 1.807) is 6.92 Å². The van der Waals surface area contributed by atoms with E-state index in [2.05, 4.69) is 0 Å². The highest BCUT2D eigenvalue weighted by Crippen LogP contribution is 2.17. The van der Waals surface area contributed by atoms with Gasteiger partial charge in [-0.1, -0.05) is 29.8 Å². The SMILES string of the molecule is Cc1cccc(C(O)C(C)O)c1. The number of benzene rings is 1. The number of aliphatic hydroxyl groups excluding tert-OH is 2. The van der Waals surface area contributed by atoms with Crippen molar-refractivity contribution >= 4 is 0 Å². The van der Waals surface area contributed by atoms with Gasteiger partial charge in [-0.05, 0) is 19.4 Å². The molecule has 0 aliphatic heterocycles. The Labute approximate surface area is 72.5 Å². The van der Waals surface area contributed by atoms with Gasteiger partial charge in [0.2, 0.25) is 0 Å². The topological polar surface area (TPSA) is 40.5 Å². The second kappa shape index (κ2) is 3.70. The zero-order valence-electron chi connectivity index (χ0n) is 7.36. The van der Waals surface area contributed by atoms with E-state index < -0.39 is 12.2 Å². The maximum atomic E-state index is 9.47. The Balaban J connectivity index is 2.88. The minimum atomic E-state index is -0.773. The van der Waals surface area contributed by atoms with Crippen molar-refractivity contribution in [2.75, 3.05) is 0 Å². The number of hydrogen-bond acceptors (Lipinski definition) is 2. The molecule has 66 valence electrons. The van der Waals surface area contributed by atoms with Gasteiger partial charge in [0.25, 0.3) is 0 Å². The molecular formula is C10H14O2. The third-order valence-corrected chi connectivity index (χ3v) is 1.84. The van der Waals surface area contributed by atoms with Gasteiger partial charge >= 0.3 is 0 Å². The van der Waals surface area contributed by atoms with Crippen molar-refractivity contribution in [2.24, 2.45) is 0 Å². The predicted molar refractivity (Wildman–Crippen MR) is 47.8 cm³/mol. The lowest BCUT2D eigenvalue weighted by atomic mass is 10.0. The minimum absolute atomic E-state index is 0.716. The summed E-state index contributed by atoms with van der Waals surface area (Å²) in [4.78, 5) is 0. The fourth-order valence-corrected chi connectivity index (χ4v) is 1.13. The zero-order chi connectivity index (χ0) is 9.14. The standard InChI is InChI=1S/C10H14O2/c1-7-4-3-5-9(6-7)10(12)8(2)11/h3-6,8,10-12H,1-2H3. The van der Waals surface area contributed by atoms with Gasteiger partial charge in [-0.2, -0.15) is 0 Å². The molecule has 0 aliphatic rings. The van der Waals surface area contributed by atoms with Crippen LogP contribution in [0.15, 0.2) is 24.3 Å². The van der Waals surface area contributed by atoms with Gasteiger partial charge in [-0.3, -0.25) is 0 Å². The number of aryl methyl sites for hydroxylation is 1. The van der Waals surface area contributed by atoms with Gasteiger partial charge in [0.1, 0.15) is 6.10 Å². The normalized spacial score (nSPS) is 15.7. The van der Waals surface area contributed by atoms with E-state index in [1.165, 1.54) is 0 Å². The fourth-order valence-electron chi connectivity index (χ4n) is 1.13. The van der Waals surface area contributed by atoms with Gasteiger partial charge in [0, 0.05) is 0 Å². The largest absolute Gasteiger partial charge is 0.390 e. The van der Waals surface area contributed by atoms with Crippen molar-refractivity contribution in [2.45, 2.75) is 26.1 Å². The fraction of sp³-hybridized carbons (Fsp3) is 0.400. The summed E-state index contributed by atoms with van der Waals surface area (Å²) in [7, 11) is 0. The molecule has 0 fully saturated rings. The third-order valence-electron chi connectivity index (χ3n) is 1.84. The third kappa shape index (κ3) is 2.06. The molecule has 12 heavy (non-hydrogen) atoms. The van der Waals surface area contributed by atoms with Crippen molar-refractivity contribution in [1.29, 1.82) is 0 Å². The highest BCUT2D eigenvalue weighted by atomic mass is 16.3. The Morgan fingerprint density at radius 3 is 2.42 bits per heavy atom. The Morgan fingerprint density at radius 1 is 1.25 bits per heavy atom. The van der Waals surface area contributed by atoms with Crippen LogP contribution in [0.25, 0.3) is 0 Å². The number of aliphatic hydroxyl groups is 2. The van der Waals surface area contributed by atoms with E-state index >= 15 is 0 Å². The Hall–Kier alpha value is -0.860. The molecular weight excluding hydrogens is 152 g/mol. The average molecular weight is 166 g/mol. The lowest BCUT2D eigenvalue weighted by molar-refractivity contribution is 0.0305. The molecule has 0 spiro atoms. The second-order valence-electron chi connectivity index (χ2n) is 3.10. The van der Waals surface area contributed by atoms with Gasteiger partial charge in [-0.25, -0.2) is 0 Å². The smallest absolute Gasteiger partial charge is 0.105 e. The van der Waals surface area contributed by atoms with Crippen molar-refractivity contribution in [3.05, 3.63) is 35.4 Å². The molecule has 2 atom stereocenters. The maximum Gasteiger partial charge on any atom is 0.105 e. The van der Waals surface area contributed by atoms with Gasteiger partial charge in [0.05, 0.1) is 6.10 Å². The zero-order valence-corrected chi connectivity index (χ0v) is 7.36. The summed E-state index contributed by atoms with van der Waals surface area (Å²) in [6, 6.07) is 7.51. The Bertz CT molecular complexity index is 256. The quantitative estimate of drug-likeness (QED) is 0.697. The lowest BCUT2D eigenvalue weighted by Crippen LogP contribution is -2.13. The maximum absolute atomic E-state index is 9.47. The molecule has 2 unspecified atom stereocenters. The monoisotopic (exact) mass is 166 g/mol. The molecule has 1 rings (SSSR count). The molecule has 0 aromatic heterocycles. The number of rotatable bonds is 2. The summed E-state index contributed by atoms with van der Waals surface area (Å²) in [6.45, 7) is 3.53. The molecule has 0 aliphatic carbocycles. The summed E-state index contributed by atoms with van der Waals surface area (Å²) in [5.41, 5.74) is 1.86. The van der Waals surface area contributed by atoms with E-state index in [9.17, 15) is 5.11 Å². The molecule has 2 N–H and O–H groups in total.